The molecule has 1 saturated heterocycles. The minimum absolute atomic E-state index is 0.0465. The van der Waals surface area contributed by atoms with E-state index in [1.807, 2.05) is 83.6 Å². The summed E-state index contributed by atoms with van der Waals surface area (Å²) in [6, 6.07) is 21.9. The number of piperidine rings is 1. The molecule has 3 aromatic carbocycles. The lowest BCUT2D eigenvalue weighted by Crippen LogP contribution is -2.47. The third-order valence-corrected chi connectivity index (χ3v) is 6.68. The number of amides is 2. The van der Waals surface area contributed by atoms with Crippen LogP contribution in [0.4, 0.5) is 11.4 Å². The smallest absolute Gasteiger partial charge is 0.229 e. The summed E-state index contributed by atoms with van der Waals surface area (Å²) in [5.41, 5.74) is 3.10. The van der Waals surface area contributed by atoms with Gasteiger partial charge in [-0.15, -0.1) is 0 Å². The summed E-state index contributed by atoms with van der Waals surface area (Å²) in [6.45, 7) is 0. The van der Waals surface area contributed by atoms with Gasteiger partial charge < -0.3 is 24.3 Å². The van der Waals surface area contributed by atoms with Crippen molar-refractivity contribution in [2.24, 2.45) is 5.92 Å². The van der Waals surface area contributed by atoms with Crippen LogP contribution in [0, 0.1) is 5.92 Å². The lowest BCUT2D eigenvalue weighted by atomic mass is 9.82. The standard InChI is InChI=1S/C29H28N4O4/c1-36-23-13-11-22(12-14-23)33-27(34)16-15-25(28(33)24-5-3-4-6-26(24)37-2)29(35)31-20-7-9-21(10-8-20)32-18-17-30-19-32/h3-14,17-19,25,28H,15-16H2,1-2H3,(H,31,35)/t25-,28-/m1/s1. The first-order valence-corrected chi connectivity index (χ1v) is 12.1. The van der Waals surface area contributed by atoms with E-state index in [4.69, 9.17) is 9.47 Å². The second-order valence-corrected chi connectivity index (χ2v) is 8.80. The molecule has 2 heterocycles. The number of aromatic nitrogens is 2. The Balaban J connectivity index is 1.49. The summed E-state index contributed by atoms with van der Waals surface area (Å²) >= 11 is 0. The van der Waals surface area contributed by atoms with Crippen LogP contribution in [-0.2, 0) is 9.59 Å². The molecule has 188 valence electrons. The average Bonchev–Trinajstić information content (AvgIpc) is 3.48. The number of nitrogens with one attached hydrogen (secondary N) is 1. The zero-order valence-electron chi connectivity index (χ0n) is 20.7. The van der Waals surface area contributed by atoms with Crippen LogP contribution in [0.1, 0.15) is 24.4 Å². The van der Waals surface area contributed by atoms with E-state index in [2.05, 4.69) is 10.3 Å². The molecule has 2 amide bonds. The van der Waals surface area contributed by atoms with Crippen LogP contribution in [0.5, 0.6) is 11.5 Å². The average molecular weight is 497 g/mol. The quantitative estimate of drug-likeness (QED) is 0.389. The van der Waals surface area contributed by atoms with E-state index >= 15 is 0 Å². The molecule has 0 unspecified atom stereocenters. The predicted octanol–water partition coefficient (Wildman–Crippen LogP) is 5.01. The van der Waals surface area contributed by atoms with E-state index in [1.165, 1.54) is 0 Å². The lowest BCUT2D eigenvalue weighted by molar-refractivity contribution is -0.125. The minimum atomic E-state index is -0.545. The first kappa shape index (κ1) is 24.1. The van der Waals surface area contributed by atoms with Crippen molar-refractivity contribution >= 4 is 23.2 Å². The number of carbonyl (C=O) groups is 2. The van der Waals surface area contributed by atoms with E-state index in [0.29, 0.717) is 29.3 Å². The highest BCUT2D eigenvalue weighted by Gasteiger charge is 2.42. The number of ether oxygens (including phenoxy) is 2. The summed E-state index contributed by atoms with van der Waals surface area (Å²) in [4.78, 5) is 32.8. The Hall–Kier alpha value is -4.59. The Morgan fingerprint density at radius 1 is 0.946 bits per heavy atom. The third kappa shape index (κ3) is 4.91. The van der Waals surface area contributed by atoms with Gasteiger partial charge in [0, 0.05) is 41.4 Å². The van der Waals surface area contributed by atoms with Gasteiger partial charge in [-0.05, 0) is 61.0 Å². The fourth-order valence-corrected chi connectivity index (χ4v) is 4.84. The van der Waals surface area contributed by atoms with Crippen LogP contribution in [0.2, 0.25) is 0 Å². The van der Waals surface area contributed by atoms with Crippen molar-refractivity contribution in [2.75, 3.05) is 24.4 Å². The van der Waals surface area contributed by atoms with Gasteiger partial charge in [0.05, 0.1) is 32.5 Å². The first-order valence-electron chi connectivity index (χ1n) is 12.1. The summed E-state index contributed by atoms with van der Waals surface area (Å²) in [7, 11) is 3.19. The third-order valence-electron chi connectivity index (χ3n) is 6.68. The van der Waals surface area contributed by atoms with Gasteiger partial charge in [0.2, 0.25) is 11.8 Å². The lowest BCUT2D eigenvalue weighted by Gasteiger charge is -2.41. The molecule has 0 radical (unpaired) electrons. The maximum Gasteiger partial charge on any atom is 0.229 e. The summed E-state index contributed by atoms with van der Waals surface area (Å²) in [6.07, 6.45) is 5.98. The van der Waals surface area contributed by atoms with Crippen LogP contribution in [0.3, 0.4) is 0 Å². The topological polar surface area (TPSA) is 85.7 Å². The molecule has 0 aliphatic carbocycles. The summed E-state index contributed by atoms with van der Waals surface area (Å²) in [5, 5.41) is 3.06. The van der Waals surface area contributed by atoms with Gasteiger partial charge >= 0.3 is 0 Å². The van der Waals surface area contributed by atoms with Crippen molar-refractivity contribution in [2.45, 2.75) is 18.9 Å². The highest BCUT2D eigenvalue weighted by molar-refractivity contribution is 6.00. The Morgan fingerprint density at radius 3 is 2.35 bits per heavy atom. The van der Waals surface area contributed by atoms with Crippen molar-refractivity contribution < 1.29 is 19.1 Å². The largest absolute Gasteiger partial charge is 0.497 e. The first-order chi connectivity index (χ1) is 18.1. The Labute approximate surface area is 215 Å². The Bertz CT molecular complexity index is 1370. The normalized spacial score (nSPS) is 17.4. The van der Waals surface area contributed by atoms with Gasteiger partial charge in [-0.1, -0.05) is 18.2 Å². The molecule has 2 atom stereocenters. The molecule has 0 spiro atoms. The number of hydrogen-bond acceptors (Lipinski definition) is 5. The Morgan fingerprint density at radius 2 is 1.68 bits per heavy atom. The molecule has 4 aromatic rings. The van der Waals surface area contributed by atoms with Gasteiger partial charge in [0.25, 0.3) is 0 Å². The maximum absolute atomic E-state index is 13.7. The van der Waals surface area contributed by atoms with Crippen LogP contribution in [0.15, 0.2) is 91.5 Å². The molecular formula is C29H28N4O4. The van der Waals surface area contributed by atoms with E-state index in [0.717, 1.165) is 11.3 Å². The zero-order valence-corrected chi connectivity index (χ0v) is 20.7. The second-order valence-electron chi connectivity index (χ2n) is 8.80. The molecule has 1 fully saturated rings. The van der Waals surface area contributed by atoms with Crippen molar-refractivity contribution in [3.8, 4) is 17.2 Å². The number of nitrogens with zero attached hydrogens (tertiary/aromatic N) is 3. The van der Waals surface area contributed by atoms with Crippen LogP contribution in [0.25, 0.3) is 5.69 Å². The molecule has 1 N–H and O–H groups in total. The number of anilines is 2. The number of para-hydroxylation sites is 1. The molecule has 8 heteroatoms. The van der Waals surface area contributed by atoms with Crippen LogP contribution in [-0.4, -0.2) is 35.6 Å². The van der Waals surface area contributed by atoms with Gasteiger partial charge in [-0.2, -0.15) is 0 Å². The van der Waals surface area contributed by atoms with E-state index < -0.39 is 12.0 Å². The summed E-state index contributed by atoms with van der Waals surface area (Å²) < 4.78 is 12.8. The highest BCUT2D eigenvalue weighted by Crippen LogP contribution is 2.43. The zero-order chi connectivity index (χ0) is 25.8. The summed E-state index contributed by atoms with van der Waals surface area (Å²) in [5.74, 6) is 0.621. The maximum atomic E-state index is 13.7. The number of benzene rings is 3. The Kier molecular flexibility index (Phi) is 6.89. The van der Waals surface area contributed by atoms with Crippen molar-refractivity contribution in [3.05, 3.63) is 97.1 Å². The van der Waals surface area contributed by atoms with Gasteiger partial charge in [0.15, 0.2) is 0 Å². The molecule has 1 aliphatic rings. The van der Waals surface area contributed by atoms with E-state index in [1.54, 1.807) is 31.6 Å². The molecule has 1 aliphatic heterocycles. The predicted molar refractivity (Wildman–Crippen MR) is 141 cm³/mol. The highest BCUT2D eigenvalue weighted by atomic mass is 16.5. The molecular weight excluding hydrogens is 468 g/mol. The van der Waals surface area contributed by atoms with E-state index in [9.17, 15) is 9.59 Å². The molecule has 5 rings (SSSR count). The van der Waals surface area contributed by atoms with Gasteiger partial charge in [-0.3, -0.25) is 9.59 Å². The molecule has 0 saturated carbocycles. The SMILES string of the molecule is COc1ccc(N2C(=O)CC[C@@H](C(=O)Nc3ccc(-n4ccnc4)cc3)[C@H]2c2ccccc2OC)cc1. The fraction of sp³-hybridized carbons (Fsp3) is 0.207. The van der Waals surface area contributed by atoms with Crippen molar-refractivity contribution in [1.29, 1.82) is 0 Å². The van der Waals surface area contributed by atoms with Crippen LogP contribution < -0.4 is 19.7 Å². The fourth-order valence-electron chi connectivity index (χ4n) is 4.84. The molecule has 1 aromatic heterocycles. The number of carbonyl (C=O) groups excluding carboxylic acids is 2. The monoisotopic (exact) mass is 496 g/mol. The van der Waals surface area contributed by atoms with Crippen molar-refractivity contribution in [3.63, 3.8) is 0 Å². The van der Waals surface area contributed by atoms with Crippen molar-refractivity contribution in [1.82, 2.24) is 9.55 Å². The molecule has 8 nitrogen and oxygen atoms in total. The number of rotatable bonds is 7. The molecule has 37 heavy (non-hydrogen) atoms. The second kappa shape index (κ2) is 10.6. The van der Waals surface area contributed by atoms with E-state index in [-0.39, 0.29) is 18.2 Å². The molecule has 0 bridgehead atoms. The van der Waals surface area contributed by atoms with Crippen LogP contribution >= 0.6 is 0 Å². The number of methoxy groups -OCH3 is 2. The number of hydrogen-bond donors (Lipinski definition) is 1. The number of imidazole rings is 1. The van der Waals surface area contributed by atoms with Gasteiger partial charge in [-0.25, -0.2) is 4.98 Å². The minimum Gasteiger partial charge on any atom is -0.497 e. The van der Waals surface area contributed by atoms with Gasteiger partial charge in [0.1, 0.15) is 11.5 Å².